The van der Waals surface area contributed by atoms with E-state index in [1.54, 1.807) is 0 Å². The topological polar surface area (TPSA) is 16.1 Å². The molecule has 0 radical (unpaired) electrons. The minimum Gasteiger partial charge on any atom is -0.310 e. The quantitative estimate of drug-likeness (QED) is 0.180. The van der Waals surface area contributed by atoms with Gasteiger partial charge in [-0.05, 0) is 81.9 Å². The minimum absolute atomic E-state index is 0.573. The lowest BCUT2D eigenvalue weighted by Crippen LogP contribution is -2.37. The van der Waals surface area contributed by atoms with Gasteiger partial charge in [-0.15, -0.1) is 0 Å². The molecule has 0 amide bonds. The molecule has 0 N–H and O–H groups in total. The molecule has 0 aliphatic carbocycles. The van der Waals surface area contributed by atoms with E-state index in [1.165, 1.54) is 34.4 Å². The number of pyridine rings is 1. The van der Waals surface area contributed by atoms with Crippen LogP contribution < -0.4 is 4.90 Å². The van der Waals surface area contributed by atoms with Gasteiger partial charge in [0.1, 0.15) is 0 Å². The predicted octanol–water partition coefficient (Wildman–Crippen LogP) is 12.8. The number of halogens is 3. The summed E-state index contributed by atoms with van der Waals surface area (Å²) in [5.41, 5.74) is 10.5. The average Bonchev–Trinajstić information content (AvgIpc) is 3.20. The van der Waals surface area contributed by atoms with E-state index in [0.717, 1.165) is 51.2 Å². The second kappa shape index (κ2) is 12.4. The number of nitrogens with zero attached hydrogens (tertiary/aromatic N) is 2. The van der Waals surface area contributed by atoms with Crippen molar-refractivity contribution in [3.63, 3.8) is 0 Å². The number of benzene rings is 7. The van der Waals surface area contributed by atoms with Crippen molar-refractivity contribution in [3.05, 3.63) is 216 Å². The van der Waals surface area contributed by atoms with Crippen LogP contribution in [0.2, 0.25) is 0 Å². The van der Waals surface area contributed by atoms with Crippen molar-refractivity contribution >= 4 is 28.0 Å². The third-order valence-corrected chi connectivity index (χ3v) is 10.2. The fraction of sp³-hybridized carbons (Fsp3) is 0.0426. The fourth-order valence-electron chi connectivity index (χ4n) is 7.88. The predicted molar refractivity (Wildman–Crippen MR) is 204 cm³/mol. The molecule has 0 spiro atoms. The maximum absolute atomic E-state index is 13.4. The normalized spacial score (nSPS) is 13.4. The molecular formula is C47H31F3N2. The van der Waals surface area contributed by atoms with Gasteiger partial charge in [-0.3, -0.25) is 0 Å². The highest BCUT2D eigenvalue weighted by Crippen LogP contribution is 2.57. The van der Waals surface area contributed by atoms with E-state index in [9.17, 15) is 13.2 Å². The van der Waals surface area contributed by atoms with Crippen molar-refractivity contribution in [2.45, 2.75) is 11.6 Å². The van der Waals surface area contributed by atoms with E-state index in [-0.39, 0.29) is 0 Å². The number of para-hydroxylation sites is 2. The molecule has 0 fully saturated rings. The van der Waals surface area contributed by atoms with Crippen molar-refractivity contribution < 1.29 is 13.2 Å². The van der Waals surface area contributed by atoms with Crippen molar-refractivity contribution in [3.8, 4) is 22.4 Å². The lowest BCUT2D eigenvalue weighted by molar-refractivity contribution is -0.137. The van der Waals surface area contributed by atoms with E-state index >= 15 is 0 Å². The number of alkyl halides is 3. The molecule has 0 bridgehead atoms. The molecule has 8 aromatic rings. The third kappa shape index (κ3) is 5.08. The summed E-state index contributed by atoms with van der Waals surface area (Å²) in [5.74, 6) is 0. The van der Waals surface area contributed by atoms with Crippen LogP contribution >= 0.6 is 0 Å². The monoisotopic (exact) mass is 680 g/mol. The summed E-state index contributed by atoms with van der Waals surface area (Å²) in [6.07, 6.45) is -4.41. The second-order valence-electron chi connectivity index (χ2n) is 13.0. The van der Waals surface area contributed by atoms with Crippen LogP contribution in [0.25, 0.3) is 33.3 Å². The number of aromatic nitrogens is 1. The first-order valence-electron chi connectivity index (χ1n) is 17.2. The lowest BCUT2D eigenvalue weighted by Gasteiger charge is -2.46. The molecule has 1 aromatic heterocycles. The minimum atomic E-state index is -4.41. The molecule has 9 rings (SSSR count). The molecule has 250 valence electrons. The van der Waals surface area contributed by atoms with Gasteiger partial charge in [0.15, 0.2) is 0 Å². The largest absolute Gasteiger partial charge is 0.416 e. The smallest absolute Gasteiger partial charge is 0.310 e. The zero-order valence-electron chi connectivity index (χ0n) is 27.9. The summed E-state index contributed by atoms with van der Waals surface area (Å²) < 4.78 is 40.2. The Morgan fingerprint density at radius 3 is 1.56 bits per heavy atom. The van der Waals surface area contributed by atoms with E-state index < -0.39 is 17.2 Å². The lowest BCUT2D eigenvalue weighted by atomic mass is 9.62. The standard InChI is InChI=1S/C47H31F3N2/c48-47(49,50)36-26-24-33(25-27-36)43-31-38(32-14-4-1-5-15-32)39-30-37(28-29-42(39)51-43)52-44-22-12-10-20-40(44)46(34-16-6-2-7-17-34,35-18-8-3-9-19-35)41-21-11-13-23-45(41)52/h1-31H. The zero-order chi connectivity index (χ0) is 35.3. The Labute approximate surface area is 300 Å². The second-order valence-corrected chi connectivity index (χ2v) is 13.0. The fourth-order valence-corrected chi connectivity index (χ4v) is 7.88. The Hall–Kier alpha value is -6.46. The number of hydrogen-bond donors (Lipinski definition) is 0. The Bertz CT molecular complexity index is 2460. The summed E-state index contributed by atoms with van der Waals surface area (Å²) in [7, 11) is 0. The van der Waals surface area contributed by atoms with Crippen LogP contribution in [-0.4, -0.2) is 4.98 Å². The molecule has 2 heterocycles. The van der Waals surface area contributed by atoms with Crippen LogP contribution in [0.15, 0.2) is 188 Å². The van der Waals surface area contributed by atoms with Gasteiger partial charge in [-0.25, -0.2) is 4.98 Å². The molecule has 1 aliphatic heterocycles. The van der Waals surface area contributed by atoms with Crippen LogP contribution in [0, 0.1) is 0 Å². The Kier molecular flexibility index (Phi) is 7.51. The Morgan fingerprint density at radius 1 is 0.481 bits per heavy atom. The average molecular weight is 681 g/mol. The van der Waals surface area contributed by atoms with Crippen LogP contribution in [0.4, 0.5) is 30.2 Å². The number of rotatable bonds is 5. The third-order valence-electron chi connectivity index (χ3n) is 10.2. The van der Waals surface area contributed by atoms with Crippen LogP contribution in [-0.2, 0) is 11.6 Å². The molecule has 0 saturated heterocycles. The molecular weight excluding hydrogens is 650 g/mol. The van der Waals surface area contributed by atoms with Gasteiger partial charge >= 0.3 is 6.18 Å². The SMILES string of the molecule is FC(F)(F)c1ccc(-c2cc(-c3ccccc3)c3cc(N4c5ccccc5C(c5ccccc5)(c5ccccc5)c5ccccc54)ccc3n2)cc1. The highest BCUT2D eigenvalue weighted by atomic mass is 19.4. The molecule has 2 nitrogen and oxygen atoms in total. The van der Waals surface area contributed by atoms with Crippen LogP contribution in [0.1, 0.15) is 27.8 Å². The van der Waals surface area contributed by atoms with Gasteiger partial charge in [0.2, 0.25) is 0 Å². The van der Waals surface area contributed by atoms with Gasteiger partial charge in [0.25, 0.3) is 0 Å². The molecule has 7 aromatic carbocycles. The summed E-state index contributed by atoms with van der Waals surface area (Å²) in [5, 5.41) is 0.942. The Morgan fingerprint density at radius 2 is 1.00 bits per heavy atom. The summed E-state index contributed by atoms with van der Waals surface area (Å²) in [4.78, 5) is 7.34. The molecule has 0 saturated carbocycles. The first kappa shape index (κ1) is 31.5. The van der Waals surface area contributed by atoms with Gasteiger partial charge < -0.3 is 4.90 Å². The van der Waals surface area contributed by atoms with Crippen molar-refractivity contribution in [2.75, 3.05) is 4.90 Å². The summed E-state index contributed by atoms with van der Waals surface area (Å²) >= 11 is 0. The van der Waals surface area contributed by atoms with Gasteiger partial charge in [-0.1, -0.05) is 140 Å². The van der Waals surface area contributed by atoms with Gasteiger partial charge in [0.05, 0.1) is 33.6 Å². The van der Waals surface area contributed by atoms with Gasteiger partial charge in [-0.2, -0.15) is 13.2 Å². The summed E-state index contributed by atoms with van der Waals surface area (Å²) in [6, 6.07) is 62.3. The van der Waals surface area contributed by atoms with Gasteiger partial charge in [0, 0.05) is 16.6 Å². The van der Waals surface area contributed by atoms with Crippen molar-refractivity contribution in [2.24, 2.45) is 0 Å². The molecule has 0 unspecified atom stereocenters. The van der Waals surface area contributed by atoms with E-state index in [2.05, 4.69) is 138 Å². The van der Waals surface area contributed by atoms with Crippen molar-refractivity contribution in [1.29, 1.82) is 0 Å². The Balaban J connectivity index is 1.27. The number of fused-ring (bicyclic) bond motifs is 3. The van der Waals surface area contributed by atoms with E-state index in [4.69, 9.17) is 4.98 Å². The first-order chi connectivity index (χ1) is 25.4. The number of anilines is 3. The number of hydrogen-bond acceptors (Lipinski definition) is 2. The van der Waals surface area contributed by atoms with Crippen LogP contribution in [0.3, 0.4) is 0 Å². The molecule has 5 heteroatoms. The maximum Gasteiger partial charge on any atom is 0.416 e. The summed E-state index contributed by atoms with van der Waals surface area (Å²) in [6.45, 7) is 0. The molecule has 52 heavy (non-hydrogen) atoms. The molecule has 1 aliphatic rings. The molecule has 0 atom stereocenters. The highest BCUT2D eigenvalue weighted by molar-refractivity contribution is 6.00. The van der Waals surface area contributed by atoms with E-state index in [1.807, 2.05) is 30.3 Å². The van der Waals surface area contributed by atoms with Crippen molar-refractivity contribution in [1.82, 2.24) is 4.98 Å². The first-order valence-corrected chi connectivity index (χ1v) is 17.2. The highest BCUT2D eigenvalue weighted by Gasteiger charge is 2.46. The van der Waals surface area contributed by atoms with Crippen LogP contribution in [0.5, 0.6) is 0 Å². The van der Waals surface area contributed by atoms with E-state index in [0.29, 0.717) is 11.3 Å². The zero-order valence-corrected chi connectivity index (χ0v) is 27.9. The maximum atomic E-state index is 13.4.